The normalized spacial score (nSPS) is 13.6. The van der Waals surface area contributed by atoms with Crippen LogP contribution in [-0.4, -0.2) is 42.8 Å². The average Bonchev–Trinajstić information content (AvgIpc) is 2.24. The standard InChI is InChI=1S/C10H16N2O4/c1-3-4-8(10(14)15)12-9(13)7(11)5-6-16-2/h1,7-8H,4-6,11H2,2H3,(H,12,13)(H,14,15). The number of hydrogen-bond acceptors (Lipinski definition) is 4. The van der Waals surface area contributed by atoms with E-state index in [2.05, 4.69) is 11.2 Å². The van der Waals surface area contributed by atoms with Crippen molar-refractivity contribution >= 4 is 11.9 Å². The van der Waals surface area contributed by atoms with Crippen LogP contribution in [0.4, 0.5) is 0 Å². The van der Waals surface area contributed by atoms with Crippen molar-refractivity contribution in [1.29, 1.82) is 0 Å². The number of ether oxygens (including phenoxy) is 1. The van der Waals surface area contributed by atoms with Crippen LogP contribution in [0.5, 0.6) is 0 Å². The number of carboxylic acid groups (broad SMARTS) is 1. The fourth-order valence-corrected chi connectivity index (χ4v) is 0.973. The number of hydrogen-bond donors (Lipinski definition) is 3. The topological polar surface area (TPSA) is 102 Å². The molecule has 0 fully saturated rings. The maximum Gasteiger partial charge on any atom is 0.327 e. The van der Waals surface area contributed by atoms with Gasteiger partial charge in [0.15, 0.2) is 0 Å². The third-order valence-corrected chi connectivity index (χ3v) is 1.91. The van der Waals surface area contributed by atoms with Crippen molar-refractivity contribution in [2.75, 3.05) is 13.7 Å². The van der Waals surface area contributed by atoms with Crippen LogP contribution in [0, 0.1) is 12.3 Å². The highest BCUT2D eigenvalue weighted by Crippen LogP contribution is 1.94. The Bertz CT molecular complexity index is 285. The minimum atomic E-state index is -1.18. The van der Waals surface area contributed by atoms with E-state index >= 15 is 0 Å². The van der Waals surface area contributed by atoms with Gasteiger partial charge in [0.25, 0.3) is 0 Å². The predicted molar refractivity (Wildman–Crippen MR) is 57.5 cm³/mol. The van der Waals surface area contributed by atoms with Crippen LogP contribution >= 0.6 is 0 Å². The number of terminal acetylenes is 1. The highest BCUT2D eigenvalue weighted by atomic mass is 16.5. The van der Waals surface area contributed by atoms with E-state index in [9.17, 15) is 9.59 Å². The summed E-state index contributed by atoms with van der Waals surface area (Å²) >= 11 is 0. The van der Waals surface area contributed by atoms with Crippen molar-refractivity contribution in [2.45, 2.75) is 24.9 Å². The lowest BCUT2D eigenvalue weighted by Crippen LogP contribution is -2.48. The van der Waals surface area contributed by atoms with Gasteiger partial charge in [-0.1, -0.05) is 0 Å². The SMILES string of the molecule is C#CCC(NC(=O)C(N)CCOC)C(=O)O. The number of carboxylic acids is 1. The van der Waals surface area contributed by atoms with Gasteiger partial charge in [-0.15, -0.1) is 12.3 Å². The van der Waals surface area contributed by atoms with Crippen LogP contribution in [0.3, 0.4) is 0 Å². The summed E-state index contributed by atoms with van der Waals surface area (Å²) in [5.74, 6) is 0.458. The summed E-state index contributed by atoms with van der Waals surface area (Å²) in [6.45, 7) is 0.335. The van der Waals surface area contributed by atoms with E-state index in [-0.39, 0.29) is 6.42 Å². The number of amides is 1. The van der Waals surface area contributed by atoms with Gasteiger partial charge in [0, 0.05) is 20.1 Å². The molecule has 90 valence electrons. The average molecular weight is 228 g/mol. The molecule has 1 amide bonds. The molecule has 6 nitrogen and oxygen atoms in total. The first-order chi connectivity index (χ1) is 7.52. The fraction of sp³-hybridized carbons (Fsp3) is 0.600. The second-order valence-corrected chi connectivity index (χ2v) is 3.20. The highest BCUT2D eigenvalue weighted by molar-refractivity contribution is 5.86. The Morgan fingerprint density at radius 1 is 1.62 bits per heavy atom. The first kappa shape index (κ1) is 14.4. The summed E-state index contributed by atoms with van der Waals surface area (Å²) in [5, 5.41) is 11.0. The Kier molecular flexibility index (Phi) is 6.92. The third-order valence-electron chi connectivity index (χ3n) is 1.91. The van der Waals surface area contributed by atoms with Crippen LogP contribution in [0.15, 0.2) is 0 Å². The summed E-state index contributed by atoms with van der Waals surface area (Å²) < 4.78 is 4.75. The maximum absolute atomic E-state index is 11.4. The molecule has 0 spiro atoms. The molecule has 0 aromatic carbocycles. The van der Waals surface area contributed by atoms with Crippen LogP contribution in [0.2, 0.25) is 0 Å². The molecule has 0 rings (SSSR count). The smallest absolute Gasteiger partial charge is 0.327 e. The van der Waals surface area contributed by atoms with Gasteiger partial charge in [0.05, 0.1) is 6.04 Å². The van der Waals surface area contributed by atoms with E-state index in [0.29, 0.717) is 13.0 Å². The molecule has 2 atom stereocenters. The summed E-state index contributed by atoms with van der Waals surface area (Å²) in [4.78, 5) is 22.1. The summed E-state index contributed by atoms with van der Waals surface area (Å²) in [5.41, 5.74) is 5.51. The number of carbonyl (C=O) groups is 2. The molecule has 0 aliphatic heterocycles. The van der Waals surface area contributed by atoms with Crippen molar-refractivity contribution in [1.82, 2.24) is 5.32 Å². The fourth-order valence-electron chi connectivity index (χ4n) is 0.973. The lowest BCUT2D eigenvalue weighted by atomic mass is 10.1. The Labute approximate surface area is 94.1 Å². The molecule has 0 saturated heterocycles. The number of aliphatic carboxylic acids is 1. The summed E-state index contributed by atoms with van der Waals surface area (Å²) in [7, 11) is 1.49. The van der Waals surface area contributed by atoms with Crippen molar-refractivity contribution in [2.24, 2.45) is 5.73 Å². The number of rotatable bonds is 7. The number of nitrogens with two attached hydrogens (primary N) is 1. The molecule has 6 heteroatoms. The zero-order valence-corrected chi connectivity index (χ0v) is 9.10. The van der Waals surface area contributed by atoms with Crippen molar-refractivity contribution in [3.63, 3.8) is 0 Å². The molecule has 0 aliphatic rings. The van der Waals surface area contributed by atoms with E-state index in [0.717, 1.165) is 0 Å². The minimum Gasteiger partial charge on any atom is -0.480 e. The zero-order valence-electron chi connectivity index (χ0n) is 9.10. The zero-order chi connectivity index (χ0) is 12.6. The molecule has 16 heavy (non-hydrogen) atoms. The van der Waals surface area contributed by atoms with E-state index in [4.69, 9.17) is 22.0 Å². The Morgan fingerprint density at radius 2 is 2.25 bits per heavy atom. The molecule has 0 saturated carbocycles. The van der Waals surface area contributed by atoms with Crippen molar-refractivity contribution in [3.05, 3.63) is 0 Å². The van der Waals surface area contributed by atoms with Crippen LogP contribution < -0.4 is 11.1 Å². The van der Waals surface area contributed by atoms with Gasteiger partial charge >= 0.3 is 5.97 Å². The highest BCUT2D eigenvalue weighted by Gasteiger charge is 2.22. The molecule has 0 radical (unpaired) electrons. The van der Waals surface area contributed by atoms with E-state index in [1.165, 1.54) is 7.11 Å². The predicted octanol–water partition coefficient (Wildman–Crippen LogP) is -1.06. The number of methoxy groups -OCH3 is 1. The summed E-state index contributed by atoms with van der Waals surface area (Å²) in [6, 6.07) is -1.88. The van der Waals surface area contributed by atoms with Crippen molar-refractivity contribution in [3.8, 4) is 12.3 Å². The lowest BCUT2D eigenvalue weighted by Gasteiger charge is -2.15. The quantitative estimate of drug-likeness (QED) is 0.482. The summed E-state index contributed by atoms with van der Waals surface area (Å²) in [6.07, 6.45) is 5.24. The molecular weight excluding hydrogens is 212 g/mol. The largest absolute Gasteiger partial charge is 0.480 e. The molecule has 0 aromatic rings. The molecule has 0 heterocycles. The van der Waals surface area contributed by atoms with Crippen molar-refractivity contribution < 1.29 is 19.4 Å². The van der Waals surface area contributed by atoms with Gasteiger partial charge in [-0.2, -0.15) is 0 Å². The van der Waals surface area contributed by atoms with E-state index in [1.807, 2.05) is 0 Å². The van der Waals surface area contributed by atoms with Gasteiger partial charge in [0.2, 0.25) is 5.91 Å². The molecule has 2 unspecified atom stereocenters. The number of carbonyl (C=O) groups excluding carboxylic acids is 1. The molecule has 0 bridgehead atoms. The van der Waals surface area contributed by atoms with Gasteiger partial charge < -0.3 is 20.9 Å². The van der Waals surface area contributed by atoms with Gasteiger partial charge in [-0.05, 0) is 6.42 Å². The van der Waals surface area contributed by atoms with Gasteiger partial charge in [0.1, 0.15) is 6.04 Å². The van der Waals surface area contributed by atoms with E-state index in [1.54, 1.807) is 0 Å². The van der Waals surface area contributed by atoms with Crippen LogP contribution in [-0.2, 0) is 14.3 Å². The second-order valence-electron chi connectivity index (χ2n) is 3.20. The van der Waals surface area contributed by atoms with Crippen LogP contribution in [0.1, 0.15) is 12.8 Å². The Morgan fingerprint density at radius 3 is 2.69 bits per heavy atom. The van der Waals surface area contributed by atoms with E-state index < -0.39 is 24.0 Å². The lowest BCUT2D eigenvalue weighted by molar-refractivity contribution is -0.141. The third kappa shape index (κ3) is 5.34. The molecular formula is C10H16N2O4. The van der Waals surface area contributed by atoms with Crippen LogP contribution in [0.25, 0.3) is 0 Å². The molecule has 0 aliphatic carbocycles. The Hall–Kier alpha value is -1.58. The Balaban J connectivity index is 4.18. The molecule has 4 N–H and O–H groups in total. The van der Waals surface area contributed by atoms with Gasteiger partial charge in [-0.3, -0.25) is 4.79 Å². The first-order valence-corrected chi connectivity index (χ1v) is 4.74. The minimum absolute atomic E-state index is 0.0714. The first-order valence-electron chi connectivity index (χ1n) is 4.74. The van der Waals surface area contributed by atoms with Gasteiger partial charge in [-0.25, -0.2) is 4.79 Å². The molecule has 0 aromatic heterocycles. The number of nitrogens with one attached hydrogen (secondary N) is 1. The maximum atomic E-state index is 11.4. The monoisotopic (exact) mass is 228 g/mol. The second kappa shape index (κ2) is 7.68.